The lowest BCUT2D eigenvalue weighted by atomic mass is 10.0. The van der Waals surface area contributed by atoms with Gasteiger partial charge in [-0.25, -0.2) is 0 Å². The standard InChI is InChI=1S/C17H19N3O4/c1-11(24-14-2-3-15-16(9-14)23-10-22-15)17(21)19-12-5-7-20-13(8-12)4-6-18-20/h2-4,6,9,11-12H,5,7-8,10H2,1H3,(H,19,21). The van der Waals surface area contributed by atoms with Crippen molar-refractivity contribution in [1.82, 2.24) is 15.1 Å². The highest BCUT2D eigenvalue weighted by atomic mass is 16.7. The summed E-state index contributed by atoms with van der Waals surface area (Å²) in [5, 5.41) is 7.31. The molecule has 3 heterocycles. The lowest BCUT2D eigenvalue weighted by Crippen LogP contribution is -2.45. The number of aromatic nitrogens is 2. The Morgan fingerprint density at radius 1 is 1.38 bits per heavy atom. The molecule has 2 aliphatic heterocycles. The average molecular weight is 329 g/mol. The lowest BCUT2D eigenvalue weighted by molar-refractivity contribution is -0.128. The van der Waals surface area contributed by atoms with Crippen molar-refractivity contribution in [2.45, 2.75) is 38.5 Å². The molecule has 0 bridgehead atoms. The highest BCUT2D eigenvalue weighted by Gasteiger charge is 2.24. The number of benzene rings is 1. The van der Waals surface area contributed by atoms with Crippen LogP contribution in [-0.4, -0.2) is 34.6 Å². The fourth-order valence-electron chi connectivity index (χ4n) is 3.02. The van der Waals surface area contributed by atoms with E-state index in [2.05, 4.69) is 10.4 Å². The van der Waals surface area contributed by atoms with E-state index < -0.39 is 6.10 Å². The Hall–Kier alpha value is -2.70. The van der Waals surface area contributed by atoms with E-state index >= 15 is 0 Å². The van der Waals surface area contributed by atoms with Gasteiger partial charge >= 0.3 is 0 Å². The summed E-state index contributed by atoms with van der Waals surface area (Å²) < 4.78 is 18.3. The summed E-state index contributed by atoms with van der Waals surface area (Å²) in [6.45, 7) is 2.78. The SMILES string of the molecule is CC(Oc1ccc2c(c1)OCO2)C(=O)NC1CCn2nccc2C1. The molecule has 7 nitrogen and oxygen atoms in total. The number of rotatable bonds is 4. The monoisotopic (exact) mass is 329 g/mol. The molecule has 1 aromatic heterocycles. The normalized spacial score (nSPS) is 19.5. The molecule has 2 unspecified atom stereocenters. The number of fused-ring (bicyclic) bond motifs is 2. The van der Waals surface area contributed by atoms with E-state index in [-0.39, 0.29) is 18.7 Å². The molecule has 1 amide bonds. The minimum atomic E-state index is -0.586. The largest absolute Gasteiger partial charge is 0.481 e. The van der Waals surface area contributed by atoms with Crippen LogP contribution in [0.4, 0.5) is 0 Å². The highest BCUT2D eigenvalue weighted by Crippen LogP contribution is 2.35. The zero-order valence-corrected chi connectivity index (χ0v) is 13.4. The van der Waals surface area contributed by atoms with Gasteiger partial charge in [0.1, 0.15) is 5.75 Å². The molecule has 126 valence electrons. The Morgan fingerprint density at radius 3 is 3.17 bits per heavy atom. The third-order valence-electron chi connectivity index (χ3n) is 4.32. The van der Waals surface area contributed by atoms with Crippen molar-refractivity contribution >= 4 is 5.91 Å². The van der Waals surface area contributed by atoms with E-state index in [0.717, 1.165) is 25.1 Å². The molecule has 7 heteroatoms. The third kappa shape index (κ3) is 2.89. The lowest BCUT2D eigenvalue weighted by Gasteiger charge is -2.25. The van der Waals surface area contributed by atoms with Gasteiger partial charge in [-0.1, -0.05) is 0 Å². The summed E-state index contributed by atoms with van der Waals surface area (Å²) in [6.07, 6.45) is 2.88. The van der Waals surface area contributed by atoms with Crippen molar-refractivity contribution in [2.24, 2.45) is 0 Å². The Kier molecular flexibility index (Phi) is 3.76. The first-order chi connectivity index (χ1) is 11.7. The van der Waals surface area contributed by atoms with Crippen LogP contribution in [0.3, 0.4) is 0 Å². The second-order valence-corrected chi connectivity index (χ2v) is 6.02. The van der Waals surface area contributed by atoms with Crippen molar-refractivity contribution in [3.63, 3.8) is 0 Å². The molecule has 0 spiro atoms. The minimum Gasteiger partial charge on any atom is -0.481 e. The van der Waals surface area contributed by atoms with Crippen LogP contribution in [-0.2, 0) is 17.8 Å². The van der Waals surface area contributed by atoms with Gasteiger partial charge in [0.15, 0.2) is 17.6 Å². The Labute approximate surface area is 139 Å². The maximum absolute atomic E-state index is 12.4. The molecule has 1 aromatic carbocycles. The number of nitrogens with zero attached hydrogens (tertiary/aromatic N) is 2. The summed E-state index contributed by atoms with van der Waals surface area (Å²) in [4.78, 5) is 12.4. The summed E-state index contributed by atoms with van der Waals surface area (Å²) in [5.41, 5.74) is 1.15. The number of nitrogens with one attached hydrogen (secondary N) is 1. The first-order valence-electron chi connectivity index (χ1n) is 8.06. The van der Waals surface area contributed by atoms with Crippen LogP contribution in [0.1, 0.15) is 19.0 Å². The van der Waals surface area contributed by atoms with Crippen LogP contribution in [0.2, 0.25) is 0 Å². The molecule has 0 radical (unpaired) electrons. The Bertz CT molecular complexity index is 758. The van der Waals surface area contributed by atoms with Crippen molar-refractivity contribution in [3.8, 4) is 17.2 Å². The van der Waals surface area contributed by atoms with E-state index in [0.29, 0.717) is 17.2 Å². The van der Waals surface area contributed by atoms with Gasteiger partial charge in [0.2, 0.25) is 6.79 Å². The van der Waals surface area contributed by atoms with Gasteiger partial charge in [-0.05, 0) is 31.5 Å². The van der Waals surface area contributed by atoms with Crippen LogP contribution in [0, 0.1) is 0 Å². The molecule has 2 aliphatic rings. The number of hydrogen-bond donors (Lipinski definition) is 1. The number of hydrogen-bond acceptors (Lipinski definition) is 5. The summed E-state index contributed by atoms with van der Waals surface area (Å²) in [5.74, 6) is 1.80. The molecular weight excluding hydrogens is 310 g/mol. The van der Waals surface area contributed by atoms with Crippen LogP contribution in [0.5, 0.6) is 17.2 Å². The average Bonchev–Trinajstić information content (AvgIpc) is 3.22. The van der Waals surface area contributed by atoms with Gasteiger partial charge in [-0.15, -0.1) is 0 Å². The molecule has 0 fully saturated rings. The topological polar surface area (TPSA) is 74.6 Å². The van der Waals surface area contributed by atoms with Gasteiger partial charge < -0.3 is 19.5 Å². The van der Waals surface area contributed by atoms with Crippen LogP contribution in [0.15, 0.2) is 30.5 Å². The van der Waals surface area contributed by atoms with Gasteiger partial charge in [0.25, 0.3) is 5.91 Å². The first-order valence-corrected chi connectivity index (χ1v) is 8.06. The fraction of sp³-hybridized carbons (Fsp3) is 0.412. The second-order valence-electron chi connectivity index (χ2n) is 6.02. The highest BCUT2D eigenvalue weighted by molar-refractivity contribution is 5.81. The van der Waals surface area contributed by atoms with E-state index in [4.69, 9.17) is 14.2 Å². The predicted molar refractivity (Wildman–Crippen MR) is 85.1 cm³/mol. The minimum absolute atomic E-state index is 0.115. The van der Waals surface area contributed by atoms with E-state index in [1.807, 2.05) is 10.7 Å². The van der Waals surface area contributed by atoms with Crippen molar-refractivity contribution in [1.29, 1.82) is 0 Å². The molecular formula is C17H19N3O4. The molecule has 4 rings (SSSR count). The van der Waals surface area contributed by atoms with Gasteiger partial charge in [0, 0.05) is 37.0 Å². The third-order valence-corrected chi connectivity index (χ3v) is 4.32. The second kappa shape index (κ2) is 6.07. The number of ether oxygens (including phenoxy) is 3. The van der Waals surface area contributed by atoms with E-state index in [1.165, 1.54) is 0 Å². The Morgan fingerprint density at radius 2 is 2.25 bits per heavy atom. The summed E-state index contributed by atoms with van der Waals surface area (Å²) in [7, 11) is 0. The number of amides is 1. The zero-order valence-electron chi connectivity index (χ0n) is 13.4. The van der Waals surface area contributed by atoms with Crippen LogP contribution in [0.25, 0.3) is 0 Å². The number of aryl methyl sites for hydroxylation is 1. The molecule has 24 heavy (non-hydrogen) atoms. The molecule has 0 aliphatic carbocycles. The summed E-state index contributed by atoms with van der Waals surface area (Å²) in [6, 6.07) is 7.40. The van der Waals surface area contributed by atoms with E-state index in [1.54, 1.807) is 31.3 Å². The number of carbonyl (C=O) groups excluding carboxylic acids is 1. The van der Waals surface area contributed by atoms with Crippen molar-refractivity contribution < 1.29 is 19.0 Å². The van der Waals surface area contributed by atoms with Gasteiger partial charge in [-0.3, -0.25) is 9.48 Å². The fourth-order valence-corrected chi connectivity index (χ4v) is 3.02. The molecule has 2 atom stereocenters. The quantitative estimate of drug-likeness (QED) is 0.920. The first kappa shape index (κ1) is 14.9. The molecule has 2 aromatic rings. The zero-order chi connectivity index (χ0) is 16.5. The molecule has 0 saturated carbocycles. The van der Waals surface area contributed by atoms with E-state index in [9.17, 15) is 4.79 Å². The molecule has 0 saturated heterocycles. The predicted octanol–water partition coefficient (Wildman–Crippen LogP) is 1.51. The number of carbonyl (C=O) groups is 1. The Balaban J connectivity index is 1.35. The maximum atomic E-state index is 12.4. The smallest absolute Gasteiger partial charge is 0.261 e. The van der Waals surface area contributed by atoms with Crippen LogP contribution < -0.4 is 19.5 Å². The van der Waals surface area contributed by atoms with Gasteiger partial charge in [-0.2, -0.15) is 5.10 Å². The van der Waals surface area contributed by atoms with Crippen molar-refractivity contribution in [2.75, 3.05) is 6.79 Å². The summed E-state index contributed by atoms with van der Waals surface area (Å²) >= 11 is 0. The van der Waals surface area contributed by atoms with Gasteiger partial charge in [0.05, 0.1) is 0 Å². The van der Waals surface area contributed by atoms with Crippen molar-refractivity contribution in [3.05, 3.63) is 36.2 Å². The molecule has 1 N–H and O–H groups in total. The van der Waals surface area contributed by atoms with Crippen LogP contribution >= 0.6 is 0 Å². The maximum Gasteiger partial charge on any atom is 0.261 e.